The van der Waals surface area contributed by atoms with Crippen LogP contribution >= 0.6 is 11.3 Å². The fourth-order valence-corrected chi connectivity index (χ4v) is 4.59. The molecule has 1 amide bonds. The molecule has 0 radical (unpaired) electrons. The fraction of sp³-hybridized carbons (Fsp3) is 0.0909. The molecule has 0 aliphatic heterocycles. The predicted octanol–water partition coefficient (Wildman–Crippen LogP) is 4.68. The van der Waals surface area contributed by atoms with Crippen LogP contribution < -0.4 is 14.8 Å². The van der Waals surface area contributed by atoms with E-state index in [0.29, 0.717) is 11.4 Å². The maximum Gasteiger partial charge on any atom is 0.291 e. The van der Waals surface area contributed by atoms with Crippen molar-refractivity contribution < 1.29 is 22.4 Å². The predicted molar refractivity (Wildman–Crippen MR) is 122 cm³/mol. The number of aryl methyl sites for hydroxylation is 1. The second-order valence-electron chi connectivity index (χ2n) is 6.74. The molecule has 10 heteroatoms. The van der Waals surface area contributed by atoms with Gasteiger partial charge >= 0.3 is 0 Å². The van der Waals surface area contributed by atoms with E-state index in [1.165, 1.54) is 41.8 Å². The van der Waals surface area contributed by atoms with Gasteiger partial charge in [-0.3, -0.25) is 9.52 Å². The van der Waals surface area contributed by atoms with E-state index >= 15 is 0 Å². The normalized spacial score (nSPS) is 11.2. The number of nitrogens with one attached hydrogen (secondary N) is 2. The maximum absolute atomic E-state index is 12.5. The lowest BCUT2D eigenvalue weighted by Gasteiger charge is -2.08. The Balaban J connectivity index is 1.36. The summed E-state index contributed by atoms with van der Waals surface area (Å²) in [5.74, 6) is 0.918. The maximum atomic E-state index is 12.5. The monoisotopic (exact) mass is 469 g/mol. The molecule has 0 saturated heterocycles. The van der Waals surface area contributed by atoms with E-state index in [2.05, 4.69) is 15.0 Å². The molecular weight excluding hydrogens is 450 g/mol. The van der Waals surface area contributed by atoms with Crippen molar-refractivity contribution in [3.8, 4) is 5.75 Å². The third-order valence-electron chi connectivity index (χ3n) is 4.43. The average Bonchev–Trinajstić information content (AvgIpc) is 3.45. The number of para-hydroxylation sites is 1. The largest absolute Gasteiger partial charge is 0.485 e. The first kappa shape index (κ1) is 21.6. The summed E-state index contributed by atoms with van der Waals surface area (Å²) >= 11 is 1.18. The van der Waals surface area contributed by atoms with Gasteiger partial charge in [0.1, 0.15) is 18.1 Å². The highest BCUT2D eigenvalue weighted by Crippen LogP contribution is 2.21. The summed E-state index contributed by atoms with van der Waals surface area (Å²) in [6.07, 6.45) is 1.51. The van der Waals surface area contributed by atoms with E-state index in [0.717, 1.165) is 11.3 Å². The van der Waals surface area contributed by atoms with Crippen LogP contribution in [0.5, 0.6) is 5.75 Å². The molecule has 0 unspecified atom stereocenters. The first-order valence-corrected chi connectivity index (χ1v) is 11.9. The number of rotatable bonds is 8. The van der Waals surface area contributed by atoms with Crippen molar-refractivity contribution in [2.45, 2.75) is 18.4 Å². The number of ether oxygens (including phenoxy) is 1. The molecule has 32 heavy (non-hydrogen) atoms. The van der Waals surface area contributed by atoms with Crippen LogP contribution in [0.25, 0.3) is 0 Å². The Morgan fingerprint density at radius 2 is 1.88 bits per heavy atom. The van der Waals surface area contributed by atoms with Crippen LogP contribution in [0, 0.1) is 6.92 Å². The van der Waals surface area contributed by atoms with Gasteiger partial charge in [-0.1, -0.05) is 18.2 Å². The summed E-state index contributed by atoms with van der Waals surface area (Å²) in [6.45, 7) is 2.14. The summed E-state index contributed by atoms with van der Waals surface area (Å²) in [5.41, 5.74) is 1.43. The molecule has 2 aromatic carbocycles. The second kappa shape index (κ2) is 9.25. The van der Waals surface area contributed by atoms with E-state index in [1.54, 1.807) is 17.5 Å². The van der Waals surface area contributed by atoms with E-state index < -0.39 is 15.9 Å². The van der Waals surface area contributed by atoms with E-state index in [9.17, 15) is 13.2 Å². The molecule has 0 saturated carbocycles. The van der Waals surface area contributed by atoms with Gasteiger partial charge in [0.15, 0.2) is 10.9 Å². The van der Waals surface area contributed by atoms with Gasteiger partial charge in [-0.25, -0.2) is 13.4 Å². The van der Waals surface area contributed by atoms with Crippen LogP contribution in [-0.2, 0) is 16.6 Å². The van der Waals surface area contributed by atoms with Gasteiger partial charge in [0.05, 0.1) is 4.90 Å². The zero-order valence-electron chi connectivity index (χ0n) is 16.9. The lowest BCUT2D eigenvalue weighted by atomic mass is 10.2. The molecule has 0 spiro atoms. The van der Waals surface area contributed by atoms with Crippen LogP contribution in [0.3, 0.4) is 0 Å². The van der Waals surface area contributed by atoms with Crippen molar-refractivity contribution in [1.29, 1.82) is 0 Å². The lowest BCUT2D eigenvalue weighted by molar-refractivity contribution is 0.0992. The van der Waals surface area contributed by atoms with Crippen molar-refractivity contribution in [2.75, 3.05) is 10.0 Å². The molecule has 2 aromatic heterocycles. The van der Waals surface area contributed by atoms with E-state index in [1.807, 2.05) is 31.2 Å². The van der Waals surface area contributed by atoms with E-state index in [4.69, 9.17) is 9.15 Å². The lowest BCUT2D eigenvalue weighted by Crippen LogP contribution is -2.13. The Morgan fingerprint density at radius 3 is 2.59 bits per heavy atom. The standard InChI is InChI=1S/C22H19N3O5S2/c1-15-4-2-3-5-19(15)29-14-17-8-11-20(30-17)21(26)24-16-6-9-18(10-7-16)32(27,28)25-22-23-12-13-31-22/h2-13H,14H2,1H3,(H,23,25)(H,24,26). The summed E-state index contributed by atoms with van der Waals surface area (Å²) in [6, 6.07) is 16.6. The molecule has 0 fully saturated rings. The number of benzene rings is 2. The number of carbonyl (C=O) groups is 1. The topological polar surface area (TPSA) is 111 Å². The van der Waals surface area contributed by atoms with Crippen molar-refractivity contribution in [3.63, 3.8) is 0 Å². The molecule has 4 rings (SSSR count). The highest BCUT2D eigenvalue weighted by Gasteiger charge is 2.16. The van der Waals surface area contributed by atoms with Crippen molar-refractivity contribution >= 4 is 38.1 Å². The molecule has 0 bridgehead atoms. The van der Waals surface area contributed by atoms with Crippen LogP contribution in [0.4, 0.5) is 10.8 Å². The minimum atomic E-state index is -3.76. The van der Waals surface area contributed by atoms with Crippen LogP contribution in [0.15, 0.2) is 81.6 Å². The quantitative estimate of drug-likeness (QED) is 0.388. The van der Waals surface area contributed by atoms with Crippen molar-refractivity contribution in [2.24, 2.45) is 0 Å². The molecule has 8 nitrogen and oxygen atoms in total. The molecule has 0 aliphatic carbocycles. The van der Waals surface area contributed by atoms with Crippen LogP contribution in [-0.4, -0.2) is 19.3 Å². The van der Waals surface area contributed by atoms with Gasteiger partial charge in [-0.05, 0) is 55.0 Å². The number of anilines is 2. The highest BCUT2D eigenvalue weighted by atomic mass is 32.2. The number of thiazole rings is 1. The van der Waals surface area contributed by atoms with E-state index in [-0.39, 0.29) is 22.4 Å². The van der Waals surface area contributed by atoms with Gasteiger partial charge < -0.3 is 14.5 Å². The number of sulfonamides is 1. The molecule has 0 atom stereocenters. The Bertz CT molecular complexity index is 1310. The Morgan fingerprint density at radius 1 is 1.09 bits per heavy atom. The zero-order valence-corrected chi connectivity index (χ0v) is 18.6. The smallest absolute Gasteiger partial charge is 0.291 e. The number of furan rings is 1. The Kier molecular flexibility index (Phi) is 6.24. The number of amides is 1. The van der Waals surface area contributed by atoms with Crippen molar-refractivity contribution in [1.82, 2.24) is 4.98 Å². The summed E-state index contributed by atoms with van der Waals surface area (Å²) in [7, 11) is -3.76. The molecule has 4 aromatic rings. The first-order chi connectivity index (χ1) is 15.4. The molecule has 2 heterocycles. The van der Waals surface area contributed by atoms with Crippen LogP contribution in [0.1, 0.15) is 21.9 Å². The second-order valence-corrected chi connectivity index (χ2v) is 9.32. The number of aromatic nitrogens is 1. The highest BCUT2D eigenvalue weighted by molar-refractivity contribution is 7.93. The zero-order chi connectivity index (χ0) is 22.6. The molecule has 2 N–H and O–H groups in total. The fourth-order valence-electron chi connectivity index (χ4n) is 2.80. The molecule has 0 aliphatic rings. The van der Waals surface area contributed by atoms with Gasteiger partial charge in [0.25, 0.3) is 15.9 Å². The molecular formula is C22H19N3O5S2. The Labute approximate surface area is 188 Å². The third kappa shape index (κ3) is 5.16. The molecule has 164 valence electrons. The van der Waals surface area contributed by atoms with Gasteiger partial charge in [-0.15, -0.1) is 11.3 Å². The summed E-state index contributed by atoms with van der Waals surface area (Å²) in [4.78, 5) is 16.4. The number of carbonyl (C=O) groups excluding carboxylic acids is 1. The van der Waals surface area contributed by atoms with Gasteiger partial charge in [0.2, 0.25) is 0 Å². The first-order valence-electron chi connectivity index (χ1n) is 9.51. The third-order valence-corrected chi connectivity index (χ3v) is 6.60. The summed E-state index contributed by atoms with van der Waals surface area (Å²) < 4.78 is 38.5. The minimum Gasteiger partial charge on any atom is -0.485 e. The van der Waals surface area contributed by atoms with Crippen LogP contribution in [0.2, 0.25) is 0 Å². The SMILES string of the molecule is Cc1ccccc1OCc1ccc(C(=O)Nc2ccc(S(=O)(=O)Nc3nccs3)cc2)o1. The number of hydrogen-bond acceptors (Lipinski definition) is 7. The summed E-state index contributed by atoms with van der Waals surface area (Å²) in [5, 5.41) is 4.63. The van der Waals surface area contributed by atoms with Gasteiger partial charge in [-0.2, -0.15) is 0 Å². The Hall–Kier alpha value is -3.63. The number of hydrogen-bond donors (Lipinski definition) is 2. The minimum absolute atomic E-state index is 0.0549. The number of nitrogens with zero attached hydrogens (tertiary/aromatic N) is 1. The average molecular weight is 470 g/mol. The van der Waals surface area contributed by atoms with Crippen molar-refractivity contribution in [3.05, 3.63) is 89.3 Å². The van der Waals surface area contributed by atoms with Gasteiger partial charge in [0, 0.05) is 17.3 Å².